The lowest BCUT2D eigenvalue weighted by Gasteiger charge is -2.39. The van der Waals surface area contributed by atoms with Gasteiger partial charge in [0.2, 0.25) is 0 Å². The standard InChI is InChI=1S/C27H31ClN4O5/c1-4-37-26(34)23-22(30(2)27(35)29-24(23)18-8-10-20(28)11-9-18)17-31-12-14-32(15-13-31)25(33)19-6-5-7-21(16-19)36-3/h5-11,16,24H,4,12-15,17H2,1-3H3,(H,29,35). The topological polar surface area (TPSA) is 91.4 Å². The van der Waals surface area contributed by atoms with Crippen molar-refractivity contribution >= 4 is 29.5 Å². The predicted molar refractivity (Wildman–Crippen MR) is 139 cm³/mol. The van der Waals surface area contributed by atoms with Gasteiger partial charge in [-0.1, -0.05) is 29.8 Å². The number of esters is 1. The first-order chi connectivity index (χ1) is 17.8. The third kappa shape index (κ3) is 5.89. The van der Waals surface area contributed by atoms with Crippen LogP contribution in [0.1, 0.15) is 28.9 Å². The normalized spacial score (nSPS) is 18.5. The quantitative estimate of drug-likeness (QED) is 0.557. The molecule has 4 rings (SSSR count). The fraction of sp³-hybridized carbons (Fsp3) is 0.370. The highest BCUT2D eigenvalue weighted by Crippen LogP contribution is 2.32. The van der Waals surface area contributed by atoms with E-state index in [2.05, 4.69) is 10.2 Å². The average molecular weight is 527 g/mol. The summed E-state index contributed by atoms with van der Waals surface area (Å²) in [4.78, 5) is 44.4. The Labute approximate surface area is 221 Å². The van der Waals surface area contributed by atoms with Crippen LogP contribution in [-0.4, -0.2) is 86.1 Å². The van der Waals surface area contributed by atoms with Crippen molar-refractivity contribution in [2.45, 2.75) is 13.0 Å². The number of halogens is 1. The van der Waals surface area contributed by atoms with Crippen LogP contribution < -0.4 is 10.1 Å². The van der Waals surface area contributed by atoms with Gasteiger partial charge in [-0.25, -0.2) is 9.59 Å². The molecule has 1 unspecified atom stereocenters. The molecule has 196 valence electrons. The van der Waals surface area contributed by atoms with Crippen LogP contribution >= 0.6 is 11.6 Å². The number of amides is 3. The maximum absolute atomic E-state index is 13.1. The zero-order valence-electron chi connectivity index (χ0n) is 21.2. The second-order valence-electron chi connectivity index (χ2n) is 8.87. The first-order valence-electron chi connectivity index (χ1n) is 12.2. The lowest BCUT2D eigenvalue weighted by molar-refractivity contribution is -0.139. The Morgan fingerprint density at radius 1 is 1.08 bits per heavy atom. The number of rotatable bonds is 7. The molecule has 37 heavy (non-hydrogen) atoms. The third-order valence-electron chi connectivity index (χ3n) is 6.63. The van der Waals surface area contributed by atoms with E-state index < -0.39 is 12.0 Å². The number of nitrogens with zero attached hydrogens (tertiary/aromatic N) is 3. The van der Waals surface area contributed by atoms with E-state index in [1.54, 1.807) is 74.5 Å². The number of nitrogens with one attached hydrogen (secondary N) is 1. The highest BCUT2D eigenvalue weighted by atomic mass is 35.5. The number of carbonyl (C=O) groups excluding carboxylic acids is 3. The molecule has 0 bridgehead atoms. The number of urea groups is 1. The number of benzene rings is 2. The largest absolute Gasteiger partial charge is 0.497 e. The van der Waals surface area contributed by atoms with Crippen LogP contribution in [0.25, 0.3) is 0 Å². The van der Waals surface area contributed by atoms with Gasteiger partial charge < -0.3 is 19.7 Å². The lowest BCUT2D eigenvalue weighted by atomic mass is 9.94. The molecular formula is C27H31ClN4O5. The van der Waals surface area contributed by atoms with Crippen LogP contribution in [0.2, 0.25) is 5.02 Å². The van der Waals surface area contributed by atoms with Crippen molar-refractivity contribution in [3.63, 3.8) is 0 Å². The average Bonchev–Trinajstić information content (AvgIpc) is 2.91. The smallest absolute Gasteiger partial charge is 0.338 e. The minimum Gasteiger partial charge on any atom is -0.497 e. The van der Waals surface area contributed by atoms with Crippen molar-refractivity contribution in [1.29, 1.82) is 0 Å². The molecule has 2 aromatic carbocycles. The maximum Gasteiger partial charge on any atom is 0.338 e. The molecule has 2 aliphatic heterocycles. The van der Waals surface area contributed by atoms with Gasteiger partial charge in [-0.05, 0) is 42.8 Å². The zero-order chi connectivity index (χ0) is 26.5. The van der Waals surface area contributed by atoms with Crippen molar-refractivity contribution in [1.82, 2.24) is 20.0 Å². The Hall–Kier alpha value is -3.56. The van der Waals surface area contributed by atoms with E-state index >= 15 is 0 Å². The van der Waals surface area contributed by atoms with Crippen LogP contribution in [0.3, 0.4) is 0 Å². The summed E-state index contributed by atoms with van der Waals surface area (Å²) in [5, 5.41) is 3.47. The monoisotopic (exact) mass is 526 g/mol. The van der Waals surface area contributed by atoms with Crippen molar-refractivity contribution in [3.8, 4) is 5.75 Å². The summed E-state index contributed by atoms with van der Waals surface area (Å²) in [5.74, 6) is 0.106. The Bertz CT molecular complexity index is 1190. The summed E-state index contributed by atoms with van der Waals surface area (Å²) in [5.41, 5.74) is 2.28. The van der Waals surface area contributed by atoms with Crippen molar-refractivity contribution in [3.05, 3.63) is 76.0 Å². The molecular weight excluding hydrogens is 496 g/mol. The second-order valence-corrected chi connectivity index (χ2v) is 9.31. The lowest BCUT2D eigenvalue weighted by Crippen LogP contribution is -2.53. The molecule has 2 heterocycles. The van der Waals surface area contributed by atoms with Gasteiger partial charge in [-0.15, -0.1) is 0 Å². The summed E-state index contributed by atoms with van der Waals surface area (Å²) in [6.45, 7) is 4.56. The Morgan fingerprint density at radius 3 is 2.43 bits per heavy atom. The molecule has 2 aliphatic rings. The number of methoxy groups -OCH3 is 1. The van der Waals surface area contributed by atoms with Gasteiger partial charge in [-0.3, -0.25) is 14.6 Å². The maximum atomic E-state index is 13.1. The molecule has 0 aromatic heterocycles. The number of carbonyl (C=O) groups is 3. The summed E-state index contributed by atoms with van der Waals surface area (Å²) >= 11 is 6.06. The number of ether oxygens (including phenoxy) is 2. The van der Waals surface area contributed by atoms with E-state index in [1.165, 1.54) is 4.90 Å². The van der Waals surface area contributed by atoms with Crippen molar-refractivity contribution in [2.24, 2.45) is 0 Å². The Kier molecular flexibility index (Phi) is 8.35. The molecule has 10 heteroatoms. The van der Waals surface area contributed by atoms with E-state index in [9.17, 15) is 14.4 Å². The van der Waals surface area contributed by atoms with E-state index in [4.69, 9.17) is 21.1 Å². The van der Waals surface area contributed by atoms with Crippen LogP contribution in [0.4, 0.5) is 4.79 Å². The number of hydrogen-bond acceptors (Lipinski definition) is 6. The summed E-state index contributed by atoms with van der Waals surface area (Å²) in [7, 11) is 3.21. The van der Waals surface area contributed by atoms with E-state index in [1.807, 2.05) is 0 Å². The molecule has 3 amide bonds. The first-order valence-corrected chi connectivity index (χ1v) is 12.6. The Balaban J connectivity index is 1.55. The van der Waals surface area contributed by atoms with Crippen molar-refractivity contribution < 1.29 is 23.9 Å². The molecule has 1 fully saturated rings. The van der Waals surface area contributed by atoms with Gasteiger partial charge in [0.05, 0.1) is 25.3 Å². The molecule has 0 radical (unpaired) electrons. The minimum absolute atomic E-state index is 0.0538. The number of piperazine rings is 1. The highest BCUT2D eigenvalue weighted by molar-refractivity contribution is 6.30. The SMILES string of the molecule is CCOC(=O)C1=C(CN2CCN(C(=O)c3cccc(OC)c3)CC2)N(C)C(=O)NC1c1ccc(Cl)cc1. The van der Waals surface area contributed by atoms with Gasteiger partial charge in [0.15, 0.2) is 0 Å². The van der Waals surface area contributed by atoms with Crippen LogP contribution in [0.5, 0.6) is 5.75 Å². The van der Waals surface area contributed by atoms with E-state index in [0.29, 0.717) is 60.3 Å². The van der Waals surface area contributed by atoms with E-state index in [0.717, 1.165) is 5.56 Å². The summed E-state index contributed by atoms with van der Waals surface area (Å²) in [6.07, 6.45) is 0. The molecule has 0 aliphatic carbocycles. The van der Waals surface area contributed by atoms with Gasteiger partial charge in [0.25, 0.3) is 5.91 Å². The fourth-order valence-corrected chi connectivity index (χ4v) is 4.69. The molecule has 1 atom stereocenters. The molecule has 1 N–H and O–H groups in total. The molecule has 2 aromatic rings. The summed E-state index contributed by atoms with van der Waals surface area (Å²) < 4.78 is 10.6. The molecule has 0 spiro atoms. The second kappa shape index (κ2) is 11.7. The summed E-state index contributed by atoms with van der Waals surface area (Å²) in [6, 6.07) is 13.2. The van der Waals surface area contributed by atoms with Gasteiger partial charge >= 0.3 is 12.0 Å². The van der Waals surface area contributed by atoms with Crippen molar-refractivity contribution in [2.75, 3.05) is 53.5 Å². The molecule has 9 nitrogen and oxygen atoms in total. The van der Waals surface area contributed by atoms with Gasteiger partial charge in [0, 0.05) is 56.1 Å². The zero-order valence-corrected chi connectivity index (χ0v) is 22.0. The van der Waals surface area contributed by atoms with Crippen LogP contribution in [0.15, 0.2) is 59.8 Å². The van der Waals surface area contributed by atoms with Crippen LogP contribution in [-0.2, 0) is 9.53 Å². The first kappa shape index (κ1) is 26.5. The van der Waals surface area contributed by atoms with Gasteiger partial charge in [-0.2, -0.15) is 0 Å². The highest BCUT2D eigenvalue weighted by Gasteiger charge is 2.37. The molecule has 1 saturated heterocycles. The minimum atomic E-state index is -0.661. The molecule has 0 saturated carbocycles. The van der Waals surface area contributed by atoms with Crippen LogP contribution in [0, 0.1) is 0 Å². The van der Waals surface area contributed by atoms with E-state index in [-0.39, 0.29) is 18.5 Å². The Morgan fingerprint density at radius 2 is 1.78 bits per heavy atom. The predicted octanol–water partition coefficient (Wildman–Crippen LogP) is 3.32. The third-order valence-corrected chi connectivity index (χ3v) is 6.88. The number of hydrogen-bond donors (Lipinski definition) is 1. The number of likely N-dealkylation sites (N-methyl/N-ethyl adjacent to an activating group) is 1. The fourth-order valence-electron chi connectivity index (χ4n) is 4.56. The van der Waals surface area contributed by atoms with Gasteiger partial charge in [0.1, 0.15) is 5.75 Å².